The minimum atomic E-state index is -3.43. The van der Waals surface area contributed by atoms with Gasteiger partial charge in [-0.2, -0.15) is 0 Å². The minimum Gasteiger partial charge on any atom is -0.355 e. The van der Waals surface area contributed by atoms with Crippen LogP contribution in [0.25, 0.3) is 21.9 Å². The van der Waals surface area contributed by atoms with Crippen molar-refractivity contribution in [3.05, 3.63) is 65.5 Å². The van der Waals surface area contributed by atoms with Crippen LogP contribution in [0.15, 0.2) is 48.5 Å². The Morgan fingerprint density at radius 3 is 2.34 bits per heavy atom. The average molecular weight is 412 g/mol. The number of benzene rings is 3. The van der Waals surface area contributed by atoms with E-state index in [4.69, 9.17) is 0 Å². The van der Waals surface area contributed by atoms with E-state index in [9.17, 15) is 17.6 Å². The van der Waals surface area contributed by atoms with Gasteiger partial charge in [0.25, 0.3) is 5.91 Å². The van der Waals surface area contributed by atoms with Gasteiger partial charge in [-0.1, -0.05) is 24.3 Å². The summed E-state index contributed by atoms with van der Waals surface area (Å²) in [6, 6.07) is 13.4. The Kier molecular flexibility index (Phi) is 4.78. The van der Waals surface area contributed by atoms with E-state index in [1.807, 2.05) is 12.1 Å². The van der Waals surface area contributed by atoms with E-state index < -0.39 is 10.0 Å². The molecule has 0 radical (unpaired) electrons. The monoisotopic (exact) mass is 412 g/mol. The maximum Gasteiger partial charge on any atom is 0.252 e. The number of nitrogens with one attached hydrogen (secondary N) is 2. The molecule has 3 aromatic carbocycles. The molecule has 0 spiro atoms. The first kappa shape index (κ1) is 19.4. The van der Waals surface area contributed by atoms with Crippen LogP contribution in [0, 0.1) is 5.82 Å². The predicted octanol–water partition coefficient (Wildman–Crippen LogP) is 4.25. The van der Waals surface area contributed by atoms with E-state index in [0.717, 1.165) is 41.0 Å². The second kappa shape index (κ2) is 7.15. The normalized spacial score (nSPS) is 14.0. The Labute approximate surface area is 169 Å². The molecule has 1 fully saturated rings. The predicted molar refractivity (Wildman–Crippen MR) is 113 cm³/mol. The molecule has 29 heavy (non-hydrogen) atoms. The molecule has 0 atom stereocenters. The number of amides is 1. The van der Waals surface area contributed by atoms with Crippen molar-refractivity contribution in [1.29, 1.82) is 0 Å². The average Bonchev–Trinajstić information content (AvgIpc) is 3.50. The van der Waals surface area contributed by atoms with Crippen molar-refractivity contribution in [3.63, 3.8) is 0 Å². The molecule has 2 N–H and O–H groups in total. The number of hydrogen-bond acceptors (Lipinski definition) is 3. The maximum atomic E-state index is 13.4. The zero-order valence-corrected chi connectivity index (χ0v) is 16.9. The molecule has 3 aromatic rings. The first-order valence-electron chi connectivity index (χ1n) is 9.33. The Balaban J connectivity index is 1.99. The molecular formula is C22H21FN2O3S. The first-order chi connectivity index (χ1) is 13.8. The summed E-state index contributed by atoms with van der Waals surface area (Å²) < 4.78 is 39.6. The molecule has 0 heterocycles. The van der Waals surface area contributed by atoms with Crippen molar-refractivity contribution in [1.82, 2.24) is 5.32 Å². The van der Waals surface area contributed by atoms with Crippen LogP contribution in [0.5, 0.6) is 0 Å². The molecule has 0 aliphatic heterocycles. The fourth-order valence-electron chi connectivity index (χ4n) is 3.65. The van der Waals surface area contributed by atoms with Crippen LogP contribution in [0.3, 0.4) is 0 Å². The topological polar surface area (TPSA) is 75.3 Å². The van der Waals surface area contributed by atoms with Crippen molar-refractivity contribution >= 4 is 32.4 Å². The van der Waals surface area contributed by atoms with Gasteiger partial charge in [0, 0.05) is 7.05 Å². The number of rotatable bonds is 5. The molecule has 0 aromatic heterocycles. The van der Waals surface area contributed by atoms with Crippen LogP contribution in [-0.2, 0) is 10.0 Å². The first-order valence-corrected chi connectivity index (χ1v) is 11.2. The van der Waals surface area contributed by atoms with Gasteiger partial charge in [0.05, 0.1) is 17.5 Å². The van der Waals surface area contributed by atoms with Gasteiger partial charge in [-0.15, -0.1) is 0 Å². The molecule has 1 amide bonds. The zero-order valence-electron chi connectivity index (χ0n) is 16.1. The fraction of sp³-hybridized carbons (Fsp3) is 0.227. The van der Waals surface area contributed by atoms with E-state index in [1.54, 1.807) is 31.3 Å². The Bertz CT molecular complexity index is 1220. The number of carbonyl (C=O) groups is 1. The van der Waals surface area contributed by atoms with Gasteiger partial charge < -0.3 is 5.32 Å². The van der Waals surface area contributed by atoms with E-state index in [2.05, 4.69) is 10.0 Å². The van der Waals surface area contributed by atoms with Crippen LogP contribution >= 0.6 is 0 Å². The SMILES string of the molecule is CNC(=O)c1c(-c2ccc(F)cc2)ccc2cc(NS(C)(=O)=O)c(C3CC3)cc12. The molecule has 7 heteroatoms. The highest BCUT2D eigenvalue weighted by atomic mass is 32.2. The summed E-state index contributed by atoms with van der Waals surface area (Å²) >= 11 is 0. The highest BCUT2D eigenvalue weighted by Crippen LogP contribution is 2.46. The van der Waals surface area contributed by atoms with Crippen LogP contribution in [0.2, 0.25) is 0 Å². The van der Waals surface area contributed by atoms with E-state index >= 15 is 0 Å². The molecule has 0 bridgehead atoms. The van der Waals surface area contributed by atoms with Crippen LogP contribution in [0.1, 0.15) is 34.7 Å². The maximum absolute atomic E-state index is 13.4. The van der Waals surface area contributed by atoms with Gasteiger partial charge in [0.15, 0.2) is 0 Å². The number of halogens is 1. The Hall–Kier alpha value is -2.93. The van der Waals surface area contributed by atoms with Gasteiger partial charge in [0.1, 0.15) is 5.82 Å². The summed E-state index contributed by atoms with van der Waals surface area (Å²) in [5, 5.41) is 4.18. The summed E-state index contributed by atoms with van der Waals surface area (Å²) in [4.78, 5) is 12.8. The largest absolute Gasteiger partial charge is 0.355 e. The highest BCUT2D eigenvalue weighted by molar-refractivity contribution is 7.92. The van der Waals surface area contributed by atoms with Crippen LogP contribution < -0.4 is 10.0 Å². The number of sulfonamides is 1. The summed E-state index contributed by atoms with van der Waals surface area (Å²) in [5.41, 5.74) is 3.37. The van der Waals surface area contributed by atoms with Crippen LogP contribution in [0.4, 0.5) is 10.1 Å². The summed E-state index contributed by atoms with van der Waals surface area (Å²) in [6.45, 7) is 0. The lowest BCUT2D eigenvalue weighted by Gasteiger charge is -2.17. The van der Waals surface area contributed by atoms with E-state index in [1.165, 1.54) is 12.1 Å². The molecular weight excluding hydrogens is 391 g/mol. The molecule has 0 saturated heterocycles. The standard InChI is InChI=1S/C22H21FN2O3S/c1-24-22(26)21-17(13-5-8-16(23)9-6-13)10-7-15-11-20(25-29(2,27)28)18(12-19(15)21)14-3-4-14/h5-12,14,25H,3-4H2,1-2H3,(H,24,26). The molecule has 1 aliphatic rings. The summed E-state index contributed by atoms with van der Waals surface area (Å²) in [6.07, 6.45) is 3.09. The van der Waals surface area contributed by atoms with Crippen molar-refractivity contribution in [3.8, 4) is 11.1 Å². The lowest BCUT2D eigenvalue weighted by molar-refractivity contribution is 0.0965. The zero-order chi connectivity index (χ0) is 20.8. The Morgan fingerprint density at radius 2 is 1.76 bits per heavy atom. The van der Waals surface area contributed by atoms with Gasteiger partial charge in [-0.25, -0.2) is 12.8 Å². The second-order valence-electron chi connectivity index (χ2n) is 7.38. The second-order valence-corrected chi connectivity index (χ2v) is 9.13. The summed E-state index contributed by atoms with van der Waals surface area (Å²) in [5.74, 6) is -0.320. The van der Waals surface area contributed by atoms with Crippen molar-refractivity contribution in [2.24, 2.45) is 0 Å². The third kappa shape index (κ3) is 3.96. The fourth-order valence-corrected chi connectivity index (χ4v) is 4.23. The molecule has 5 nitrogen and oxygen atoms in total. The van der Waals surface area contributed by atoms with Crippen molar-refractivity contribution in [2.75, 3.05) is 18.0 Å². The summed E-state index contributed by atoms with van der Waals surface area (Å²) in [7, 11) is -1.86. The number of carbonyl (C=O) groups excluding carboxylic acids is 1. The lowest BCUT2D eigenvalue weighted by atomic mass is 9.91. The smallest absolute Gasteiger partial charge is 0.252 e. The third-order valence-corrected chi connectivity index (χ3v) is 5.70. The molecule has 1 aliphatic carbocycles. The Morgan fingerprint density at radius 1 is 1.07 bits per heavy atom. The van der Waals surface area contributed by atoms with Gasteiger partial charge in [-0.3, -0.25) is 9.52 Å². The van der Waals surface area contributed by atoms with E-state index in [-0.39, 0.29) is 17.6 Å². The molecule has 0 unspecified atom stereocenters. The van der Waals surface area contributed by atoms with Gasteiger partial charge >= 0.3 is 0 Å². The minimum absolute atomic E-state index is 0.250. The molecule has 4 rings (SSSR count). The number of hydrogen-bond donors (Lipinski definition) is 2. The number of fused-ring (bicyclic) bond motifs is 1. The highest BCUT2D eigenvalue weighted by Gasteiger charge is 2.28. The van der Waals surface area contributed by atoms with Gasteiger partial charge in [0.2, 0.25) is 10.0 Å². The van der Waals surface area contributed by atoms with E-state index in [0.29, 0.717) is 16.8 Å². The molecule has 1 saturated carbocycles. The van der Waals surface area contributed by atoms with Gasteiger partial charge in [-0.05, 0) is 70.5 Å². The van der Waals surface area contributed by atoms with Crippen molar-refractivity contribution in [2.45, 2.75) is 18.8 Å². The third-order valence-electron chi connectivity index (χ3n) is 5.11. The number of anilines is 1. The van der Waals surface area contributed by atoms with Crippen molar-refractivity contribution < 1.29 is 17.6 Å². The van der Waals surface area contributed by atoms with Crippen LogP contribution in [-0.4, -0.2) is 27.6 Å². The molecule has 150 valence electrons. The lowest BCUT2D eigenvalue weighted by Crippen LogP contribution is -2.19. The quantitative estimate of drug-likeness (QED) is 0.658.